The molecule has 0 aromatic heterocycles. The maximum atomic E-state index is 12.8. The van der Waals surface area contributed by atoms with Crippen molar-refractivity contribution in [3.63, 3.8) is 0 Å². The van der Waals surface area contributed by atoms with Gasteiger partial charge in [0.1, 0.15) is 11.5 Å². The molecule has 28 heavy (non-hydrogen) atoms. The molecule has 0 unspecified atom stereocenters. The Morgan fingerprint density at radius 2 is 1.46 bits per heavy atom. The molecule has 142 valence electrons. The van der Waals surface area contributed by atoms with E-state index < -0.39 is 5.41 Å². The highest BCUT2D eigenvalue weighted by atomic mass is 16.3. The van der Waals surface area contributed by atoms with Crippen molar-refractivity contribution in [3.05, 3.63) is 108 Å². The van der Waals surface area contributed by atoms with Gasteiger partial charge in [0, 0.05) is 19.2 Å². The molecular formula is C24H23NO3. The minimum atomic E-state index is -0.701. The Bertz CT molecular complexity index is 920. The standard InChI is InChI=1S/C24H23NO3/c1-4-6-7-22-21(5-2)23(28)25(3)16-24(22,17-8-12-19(26)13-9-17)18-10-14-20(27)15-11-18/h4-15,26-27H,1-2,16H2,3H3/b7-6-. The lowest BCUT2D eigenvalue weighted by Crippen LogP contribution is -2.49. The Balaban J connectivity index is 2.43. The van der Waals surface area contributed by atoms with Crippen molar-refractivity contribution in [1.82, 2.24) is 4.90 Å². The number of allylic oxidation sites excluding steroid dienone is 3. The molecule has 1 aliphatic heterocycles. The van der Waals surface area contributed by atoms with E-state index in [0.717, 1.165) is 16.7 Å². The van der Waals surface area contributed by atoms with Crippen LogP contribution in [0.1, 0.15) is 11.1 Å². The van der Waals surface area contributed by atoms with Crippen molar-refractivity contribution in [1.29, 1.82) is 0 Å². The molecule has 3 rings (SSSR count). The first-order chi connectivity index (χ1) is 13.4. The minimum Gasteiger partial charge on any atom is -0.508 e. The number of carbonyl (C=O) groups is 1. The van der Waals surface area contributed by atoms with Crippen LogP contribution < -0.4 is 0 Å². The summed E-state index contributed by atoms with van der Waals surface area (Å²) < 4.78 is 0. The fraction of sp³-hybridized carbons (Fsp3) is 0.125. The quantitative estimate of drug-likeness (QED) is 0.777. The van der Waals surface area contributed by atoms with Crippen LogP contribution in [0, 0.1) is 0 Å². The molecule has 0 fully saturated rings. The summed E-state index contributed by atoms with van der Waals surface area (Å²) >= 11 is 0. The van der Waals surface area contributed by atoms with Gasteiger partial charge in [0.05, 0.1) is 5.41 Å². The van der Waals surface area contributed by atoms with Gasteiger partial charge in [-0.15, -0.1) is 0 Å². The topological polar surface area (TPSA) is 60.8 Å². The Labute approximate surface area is 165 Å². The summed E-state index contributed by atoms with van der Waals surface area (Å²) in [6, 6.07) is 14.0. The van der Waals surface area contributed by atoms with Crippen LogP contribution in [0.4, 0.5) is 0 Å². The van der Waals surface area contributed by atoms with E-state index in [1.54, 1.807) is 54.4 Å². The molecule has 2 N–H and O–H groups in total. The molecule has 0 saturated heterocycles. The van der Waals surface area contributed by atoms with Gasteiger partial charge in [-0.1, -0.05) is 61.7 Å². The summed E-state index contributed by atoms with van der Waals surface area (Å²) in [5.41, 5.74) is 2.43. The number of phenols is 2. The second-order valence-corrected chi connectivity index (χ2v) is 6.79. The van der Waals surface area contributed by atoms with Crippen molar-refractivity contribution < 1.29 is 15.0 Å². The van der Waals surface area contributed by atoms with Crippen LogP contribution in [0.3, 0.4) is 0 Å². The first-order valence-corrected chi connectivity index (χ1v) is 8.95. The Morgan fingerprint density at radius 3 is 1.89 bits per heavy atom. The van der Waals surface area contributed by atoms with Gasteiger partial charge in [0.25, 0.3) is 5.91 Å². The zero-order valence-corrected chi connectivity index (χ0v) is 15.8. The summed E-state index contributed by atoms with van der Waals surface area (Å²) in [4.78, 5) is 14.5. The highest BCUT2D eigenvalue weighted by Crippen LogP contribution is 2.45. The molecule has 2 aromatic carbocycles. The lowest BCUT2D eigenvalue weighted by atomic mass is 9.65. The maximum Gasteiger partial charge on any atom is 0.253 e. The zero-order chi connectivity index (χ0) is 20.3. The maximum absolute atomic E-state index is 12.8. The summed E-state index contributed by atoms with van der Waals surface area (Å²) in [6.45, 7) is 8.01. The van der Waals surface area contributed by atoms with E-state index in [2.05, 4.69) is 13.2 Å². The number of benzene rings is 2. The molecule has 0 radical (unpaired) electrons. The highest BCUT2D eigenvalue weighted by molar-refractivity contribution is 5.99. The molecule has 4 nitrogen and oxygen atoms in total. The van der Waals surface area contributed by atoms with Gasteiger partial charge in [0.2, 0.25) is 0 Å². The molecule has 2 aromatic rings. The fourth-order valence-electron chi connectivity index (χ4n) is 3.81. The third kappa shape index (κ3) is 3.14. The second kappa shape index (κ2) is 7.61. The Kier molecular flexibility index (Phi) is 5.23. The molecular weight excluding hydrogens is 350 g/mol. The van der Waals surface area contributed by atoms with Crippen LogP contribution in [0.5, 0.6) is 11.5 Å². The number of carbonyl (C=O) groups excluding carboxylic acids is 1. The summed E-state index contributed by atoms with van der Waals surface area (Å²) in [5.74, 6) is 0.230. The van der Waals surface area contributed by atoms with Gasteiger partial charge in [0.15, 0.2) is 0 Å². The number of amides is 1. The van der Waals surface area contributed by atoms with Gasteiger partial charge < -0.3 is 15.1 Å². The predicted molar refractivity (Wildman–Crippen MR) is 111 cm³/mol. The number of hydrogen-bond donors (Lipinski definition) is 2. The van der Waals surface area contributed by atoms with Crippen LogP contribution in [-0.4, -0.2) is 34.6 Å². The molecule has 1 heterocycles. The molecule has 1 amide bonds. The molecule has 4 heteroatoms. The van der Waals surface area contributed by atoms with E-state index >= 15 is 0 Å². The Hall–Kier alpha value is -3.53. The van der Waals surface area contributed by atoms with Crippen LogP contribution in [-0.2, 0) is 10.2 Å². The number of rotatable bonds is 5. The van der Waals surface area contributed by atoms with E-state index in [9.17, 15) is 15.0 Å². The van der Waals surface area contributed by atoms with Crippen molar-refractivity contribution >= 4 is 5.91 Å². The molecule has 0 saturated carbocycles. The molecule has 0 aliphatic carbocycles. The van der Waals surface area contributed by atoms with Gasteiger partial charge in [-0.2, -0.15) is 0 Å². The largest absolute Gasteiger partial charge is 0.508 e. The second-order valence-electron chi connectivity index (χ2n) is 6.79. The van der Waals surface area contributed by atoms with Crippen molar-refractivity contribution in [2.45, 2.75) is 5.41 Å². The van der Waals surface area contributed by atoms with Crippen LogP contribution in [0.25, 0.3) is 0 Å². The summed E-state index contributed by atoms with van der Waals surface area (Å²) in [5, 5.41) is 19.6. The van der Waals surface area contributed by atoms with Crippen LogP contribution >= 0.6 is 0 Å². The van der Waals surface area contributed by atoms with Crippen molar-refractivity contribution in [2.24, 2.45) is 0 Å². The monoisotopic (exact) mass is 373 g/mol. The minimum absolute atomic E-state index is 0.105. The first-order valence-electron chi connectivity index (χ1n) is 8.95. The Morgan fingerprint density at radius 1 is 0.964 bits per heavy atom. The highest BCUT2D eigenvalue weighted by Gasteiger charge is 2.44. The van der Waals surface area contributed by atoms with Crippen molar-refractivity contribution in [2.75, 3.05) is 13.6 Å². The van der Waals surface area contributed by atoms with Crippen LogP contribution in [0.2, 0.25) is 0 Å². The van der Waals surface area contributed by atoms with Gasteiger partial charge in [-0.05, 0) is 41.0 Å². The van der Waals surface area contributed by atoms with Gasteiger partial charge in [-0.3, -0.25) is 4.79 Å². The van der Waals surface area contributed by atoms with E-state index in [0.29, 0.717) is 12.1 Å². The van der Waals surface area contributed by atoms with E-state index in [-0.39, 0.29) is 17.4 Å². The van der Waals surface area contributed by atoms with E-state index in [1.807, 2.05) is 30.3 Å². The molecule has 0 bridgehead atoms. The van der Waals surface area contributed by atoms with Crippen LogP contribution in [0.15, 0.2) is 97.1 Å². The lowest BCUT2D eigenvalue weighted by Gasteiger charge is -2.44. The van der Waals surface area contributed by atoms with E-state index in [1.165, 1.54) is 0 Å². The van der Waals surface area contributed by atoms with E-state index in [4.69, 9.17) is 0 Å². The van der Waals surface area contributed by atoms with Gasteiger partial charge >= 0.3 is 0 Å². The SMILES string of the molecule is C=C/C=C\C1=C(C=C)C(=O)N(C)CC1(c1ccc(O)cc1)c1ccc(O)cc1. The number of hydrogen-bond acceptors (Lipinski definition) is 3. The molecule has 0 spiro atoms. The molecule has 1 aliphatic rings. The fourth-order valence-corrected chi connectivity index (χ4v) is 3.81. The van der Waals surface area contributed by atoms with Gasteiger partial charge in [-0.25, -0.2) is 0 Å². The first kappa shape index (κ1) is 19.2. The number of phenolic OH excluding ortho intramolecular Hbond substituents is 2. The molecule has 0 atom stereocenters. The number of nitrogens with zero attached hydrogens (tertiary/aromatic N) is 1. The third-order valence-corrected chi connectivity index (χ3v) is 5.12. The predicted octanol–water partition coefficient (Wildman–Crippen LogP) is 4.08. The normalized spacial score (nSPS) is 16.5. The number of aromatic hydroxyl groups is 2. The van der Waals surface area contributed by atoms with Crippen molar-refractivity contribution in [3.8, 4) is 11.5 Å². The zero-order valence-electron chi connectivity index (χ0n) is 15.8. The number of likely N-dealkylation sites (N-methyl/N-ethyl adjacent to an activating group) is 1. The third-order valence-electron chi connectivity index (χ3n) is 5.12. The summed E-state index contributed by atoms with van der Waals surface area (Å²) in [7, 11) is 1.76. The summed E-state index contributed by atoms with van der Waals surface area (Å²) in [6.07, 6.45) is 6.92. The average Bonchev–Trinajstić information content (AvgIpc) is 2.70. The smallest absolute Gasteiger partial charge is 0.253 e. The average molecular weight is 373 g/mol. The lowest BCUT2D eigenvalue weighted by molar-refractivity contribution is -0.126.